The fraction of sp³-hybridized carbons (Fsp3) is 0.300. The quantitative estimate of drug-likeness (QED) is 0.421. The van der Waals surface area contributed by atoms with Crippen molar-refractivity contribution in [2.45, 2.75) is 38.8 Å². The lowest BCUT2D eigenvalue weighted by Crippen LogP contribution is -2.11. The summed E-state index contributed by atoms with van der Waals surface area (Å²) in [6.07, 6.45) is -2.67. The second-order valence-electron chi connectivity index (χ2n) is 6.89. The second kappa shape index (κ2) is 8.17. The van der Waals surface area contributed by atoms with Crippen molar-refractivity contribution in [3.8, 4) is 11.5 Å². The molecule has 0 aliphatic rings. The molecular formula is C20H19Br2F3O. The van der Waals surface area contributed by atoms with Crippen LogP contribution in [0.25, 0.3) is 0 Å². The monoisotopic (exact) mass is 490 g/mol. The topological polar surface area (TPSA) is 9.23 Å². The van der Waals surface area contributed by atoms with Crippen LogP contribution < -0.4 is 4.74 Å². The van der Waals surface area contributed by atoms with Gasteiger partial charge in [0, 0.05) is 0 Å². The summed E-state index contributed by atoms with van der Waals surface area (Å²) in [7, 11) is 0. The molecule has 0 saturated carbocycles. The van der Waals surface area contributed by atoms with Crippen molar-refractivity contribution in [2.75, 3.05) is 0 Å². The van der Waals surface area contributed by atoms with Crippen LogP contribution >= 0.6 is 31.9 Å². The van der Waals surface area contributed by atoms with Crippen LogP contribution in [0.2, 0.25) is 0 Å². The Morgan fingerprint density at radius 2 is 1.65 bits per heavy atom. The summed E-state index contributed by atoms with van der Waals surface area (Å²) in [5.41, 5.74) is 0.467. The molecule has 0 heterocycles. The van der Waals surface area contributed by atoms with Gasteiger partial charge in [-0.25, -0.2) is 0 Å². The number of alkyl halides is 3. The Balaban J connectivity index is 2.35. The van der Waals surface area contributed by atoms with E-state index in [9.17, 15) is 13.2 Å². The fourth-order valence-electron chi connectivity index (χ4n) is 2.41. The molecule has 0 fully saturated rings. The number of ether oxygens (including phenoxy) is 1. The summed E-state index contributed by atoms with van der Waals surface area (Å²) in [5.74, 6) is 0.676. The largest absolute Gasteiger partial charge is 0.457 e. The number of hydrogen-bond acceptors (Lipinski definition) is 1. The van der Waals surface area contributed by atoms with E-state index in [1.54, 1.807) is 18.2 Å². The van der Waals surface area contributed by atoms with Gasteiger partial charge < -0.3 is 4.74 Å². The zero-order valence-electron chi connectivity index (χ0n) is 14.6. The van der Waals surface area contributed by atoms with Gasteiger partial charge in [0.25, 0.3) is 0 Å². The average molecular weight is 492 g/mol. The summed E-state index contributed by atoms with van der Waals surface area (Å²) in [6, 6.07) is 11.5. The van der Waals surface area contributed by atoms with E-state index in [1.165, 1.54) is 6.07 Å². The fourth-order valence-corrected chi connectivity index (χ4v) is 2.73. The van der Waals surface area contributed by atoms with Crippen LogP contribution in [0.4, 0.5) is 13.2 Å². The van der Waals surface area contributed by atoms with E-state index in [4.69, 9.17) is 4.74 Å². The van der Waals surface area contributed by atoms with Crippen LogP contribution in [0, 0.1) is 0 Å². The van der Waals surface area contributed by atoms with Crippen molar-refractivity contribution < 1.29 is 17.9 Å². The first-order valence-electron chi connectivity index (χ1n) is 7.96. The highest BCUT2D eigenvalue weighted by Gasteiger charge is 2.33. The number of rotatable bonds is 4. The number of hydrogen-bond donors (Lipinski definition) is 0. The highest BCUT2D eigenvalue weighted by atomic mass is 79.9. The van der Waals surface area contributed by atoms with E-state index in [0.29, 0.717) is 9.14 Å². The summed E-state index contributed by atoms with van der Waals surface area (Å²) in [4.78, 5) is 0. The van der Waals surface area contributed by atoms with Gasteiger partial charge in [0.05, 0.1) is 8.96 Å². The van der Waals surface area contributed by atoms with Gasteiger partial charge in [-0.15, -0.1) is 0 Å². The van der Waals surface area contributed by atoms with Gasteiger partial charge in [0.2, 0.25) is 0 Å². The molecular weight excluding hydrogens is 473 g/mol. The third-order valence-corrected chi connectivity index (χ3v) is 4.45. The van der Waals surface area contributed by atoms with Crippen molar-refractivity contribution in [2.24, 2.45) is 0 Å². The molecule has 0 aromatic heterocycles. The summed E-state index contributed by atoms with van der Waals surface area (Å²) in [6.45, 7) is 6.20. The van der Waals surface area contributed by atoms with Crippen LogP contribution in [-0.2, 0) is 18.0 Å². The van der Waals surface area contributed by atoms with E-state index in [0.717, 1.165) is 11.6 Å². The maximum absolute atomic E-state index is 13.4. The van der Waals surface area contributed by atoms with Gasteiger partial charge in [-0.2, -0.15) is 13.2 Å². The Labute approximate surface area is 168 Å². The van der Waals surface area contributed by atoms with Crippen LogP contribution in [-0.4, -0.2) is 0 Å². The number of allylic oxidation sites excluding steroid dienone is 1. The lowest BCUT2D eigenvalue weighted by Gasteiger charge is -2.20. The molecule has 0 unspecified atom stereocenters. The highest BCUT2D eigenvalue weighted by molar-refractivity contribution is 9.28. The minimum absolute atomic E-state index is 0.0737. The van der Waals surface area contributed by atoms with Crippen LogP contribution in [0.1, 0.15) is 37.5 Å². The summed E-state index contributed by atoms with van der Waals surface area (Å²) < 4.78 is 46.5. The Bertz CT molecular complexity index is 801. The van der Waals surface area contributed by atoms with Gasteiger partial charge in [-0.3, -0.25) is 0 Å². The maximum atomic E-state index is 13.4. The molecule has 0 aliphatic carbocycles. The standard InChI is InChI=1S/C20H19Br2F3O/c1-19(2,3)14-5-4-6-15(11-14)26-16-9-7-13(8-10-18(21)22)17(12-16)20(23,24)25/h4-7,9-12H,8H2,1-3H3. The molecule has 140 valence electrons. The lowest BCUT2D eigenvalue weighted by atomic mass is 9.87. The van der Waals surface area contributed by atoms with Crippen molar-refractivity contribution in [1.29, 1.82) is 0 Å². The van der Waals surface area contributed by atoms with E-state index in [1.807, 2.05) is 18.2 Å². The molecule has 0 spiro atoms. The number of benzene rings is 2. The molecule has 2 aromatic carbocycles. The average Bonchev–Trinajstić information content (AvgIpc) is 2.52. The smallest absolute Gasteiger partial charge is 0.416 e. The molecule has 0 N–H and O–H groups in total. The van der Waals surface area contributed by atoms with Crippen molar-refractivity contribution in [1.82, 2.24) is 0 Å². The minimum Gasteiger partial charge on any atom is -0.457 e. The van der Waals surface area contributed by atoms with Gasteiger partial charge in [-0.05, 0) is 79.1 Å². The van der Waals surface area contributed by atoms with Crippen LogP contribution in [0.15, 0.2) is 51.9 Å². The number of halogens is 5. The first-order valence-corrected chi connectivity index (χ1v) is 9.55. The maximum Gasteiger partial charge on any atom is 0.416 e. The molecule has 0 amide bonds. The molecule has 0 aliphatic heterocycles. The third-order valence-electron chi connectivity index (χ3n) is 3.80. The molecule has 0 saturated heterocycles. The lowest BCUT2D eigenvalue weighted by molar-refractivity contribution is -0.138. The first kappa shape index (κ1) is 21.0. The van der Waals surface area contributed by atoms with Crippen LogP contribution in [0.3, 0.4) is 0 Å². The van der Waals surface area contributed by atoms with E-state index >= 15 is 0 Å². The molecule has 0 atom stereocenters. The summed E-state index contributed by atoms with van der Waals surface area (Å²) >= 11 is 6.32. The highest BCUT2D eigenvalue weighted by Crippen LogP contribution is 2.36. The SMILES string of the molecule is CC(C)(C)c1cccc(Oc2ccc(CC=C(Br)Br)c(C(F)(F)F)c2)c1. The third kappa shape index (κ3) is 5.88. The van der Waals surface area contributed by atoms with Gasteiger partial charge >= 0.3 is 6.18 Å². The summed E-state index contributed by atoms with van der Waals surface area (Å²) in [5, 5.41) is 0. The Hall–Kier alpha value is -1.27. The molecule has 1 nitrogen and oxygen atoms in total. The van der Waals surface area contributed by atoms with E-state index in [2.05, 4.69) is 52.6 Å². The first-order chi connectivity index (χ1) is 12.0. The van der Waals surface area contributed by atoms with Gasteiger partial charge in [0.1, 0.15) is 11.5 Å². The zero-order valence-corrected chi connectivity index (χ0v) is 17.8. The van der Waals surface area contributed by atoms with Crippen molar-refractivity contribution in [3.63, 3.8) is 0 Å². The zero-order chi connectivity index (χ0) is 19.5. The molecule has 0 bridgehead atoms. The predicted molar refractivity (Wildman–Crippen MR) is 106 cm³/mol. The predicted octanol–water partition coefficient (Wildman–Crippen LogP) is 7.97. The Morgan fingerprint density at radius 1 is 1.00 bits per heavy atom. The van der Waals surface area contributed by atoms with E-state index < -0.39 is 11.7 Å². The Kier molecular flexibility index (Phi) is 6.61. The molecule has 0 radical (unpaired) electrons. The Morgan fingerprint density at radius 3 is 2.23 bits per heavy atom. The second-order valence-corrected chi connectivity index (χ2v) is 9.67. The molecule has 6 heteroatoms. The van der Waals surface area contributed by atoms with Gasteiger partial charge in [0.15, 0.2) is 0 Å². The van der Waals surface area contributed by atoms with Gasteiger partial charge in [-0.1, -0.05) is 45.0 Å². The molecule has 2 aromatic rings. The molecule has 2 rings (SSSR count). The minimum atomic E-state index is -4.45. The molecule has 26 heavy (non-hydrogen) atoms. The van der Waals surface area contributed by atoms with Crippen molar-refractivity contribution >= 4 is 31.9 Å². The van der Waals surface area contributed by atoms with Crippen molar-refractivity contribution in [3.05, 3.63) is 68.6 Å². The normalized spacial score (nSPS) is 12.0. The van der Waals surface area contributed by atoms with E-state index in [-0.39, 0.29) is 23.1 Å². The van der Waals surface area contributed by atoms with Crippen LogP contribution in [0.5, 0.6) is 11.5 Å².